The molecular weight excluding hydrogens is 308 g/mol. The van der Waals surface area contributed by atoms with Crippen molar-refractivity contribution < 1.29 is 0 Å². The first-order valence-corrected chi connectivity index (χ1v) is 7.66. The summed E-state index contributed by atoms with van der Waals surface area (Å²) >= 11 is 6.46. The third kappa shape index (κ3) is 2.26. The third-order valence-electron chi connectivity index (χ3n) is 4.10. The molecule has 0 aliphatic heterocycles. The quantitative estimate of drug-likeness (QED) is 0.595. The molecule has 0 unspecified atom stereocenters. The van der Waals surface area contributed by atoms with E-state index in [0.29, 0.717) is 12.1 Å². The predicted octanol–water partition coefficient (Wildman–Crippen LogP) is 4.40. The van der Waals surface area contributed by atoms with E-state index in [0.717, 1.165) is 38.0 Å². The number of hydrogen-bond acceptors (Lipinski definition) is 2. The van der Waals surface area contributed by atoms with Crippen LogP contribution in [0.3, 0.4) is 0 Å². The molecule has 0 radical (unpaired) electrons. The molecular formula is C18H13ClN4. The Morgan fingerprint density at radius 3 is 3.00 bits per heavy atom. The Hall–Kier alpha value is -2.77. The van der Waals surface area contributed by atoms with Gasteiger partial charge < -0.3 is 4.98 Å². The normalized spacial score (nSPS) is 11.2. The highest BCUT2D eigenvalue weighted by molar-refractivity contribution is 6.32. The lowest BCUT2D eigenvalue weighted by Crippen LogP contribution is -2.01. The SMILES string of the molecule is Cc1cc(Cl)c(Cn2cc3ccc(C#N)cc3n2)c2cc[nH]c12. The summed E-state index contributed by atoms with van der Waals surface area (Å²) in [5.41, 5.74) is 4.71. The Morgan fingerprint density at radius 2 is 2.17 bits per heavy atom. The largest absolute Gasteiger partial charge is 0.361 e. The van der Waals surface area contributed by atoms with Crippen LogP contribution in [0.25, 0.3) is 21.8 Å². The molecule has 5 heteroatoms. The number of benzene rings is 2. The summed E-state index contributed by atoms with van der Waals surface area (Å²) in [6, 6.07) is 11.7. The van der Waals surface area contributed by atoms with Gasteiger partial charge in [0.1, 0.15) is 0 Å². The van der Waals surface area contributed by atoms with Gasteiger partial charge in [0.15, 0.2) is 0 Å². The minimum Gasteiger partial charge on any atom is -0.361 e. The zero-order valence-corrected chi connectivity index (χ0v) is 13.2. The number of aryl methyl sites for hydroxylation is 1. The molecule has 0 aliphatic rings. The Kier molecular flexibility index (Phi) is 3.10. The summed E-state index contributed by atoms with van der Waals surface area (Å²) < 4.78 is 1.87. The van der Waals surface area contributed by atoms with Crippen molar-refractivity contribution in [2.45, 2.75) is 13.5 Å². The third-order valence-corrected chi connectivity index (χ3v) is 4.44. The molecule has 2 aromatic heterocycles. The minimum atomic E-state index is 0.587. The van der Waals surface area contributed by atoms with Crippen LogP contribution in [0.1, 0.15) is 16.7 Å². The van der Waals surface area contributed by atoms with Crippen molar-refractivity contribution in [1.29, 1.82) is 5.26 Å². The van der Waals surface area contributed by atoms with E-state index in [4.69, 9.17) is 16.9 Å². The number of rotatable bonds is 2. The molecule has 0 atom stereocenters. The van der Waals surface area contributed by atoms with Gasteiger partial charge in [-0.15, -0.1) is 0 Å². The lowest BCUT2D eigenvalue weighted by Gasteiger charge is -2.08. The van der Waals surface area contributed by atoms with Gasteiger partial charge in [-0.1, -0.05) is 11.6 Å². The summed E-state index contributed by atoms with van der Waals surface area (Å²) in [7, 11) is 0. The van der Waals surface area contributed by atoms with E-state index in [9.17, 15) is 0 Å². The molecule has 4 rings (SSSR count). The first-order valence-electron chi connectivity index (χ1n) is 7.28. The Bertz CT molecular complexity index is 1080. The molecule has 0 fully saturated rings. The van der Waals surface area contributed by atoms with Crippen molar-refractivity contribution in [3.63, 3.8) is 0 Å². The average Bonchev–Trinajstić information content (AvgIpc) is 3.17. The van der Waals surface area contributed by atoms with E-state index in [1.807, 2.05) is 42.2 Å². The van der Waals surface area contributed by atoms with E-state index in [2.05, 4.69) is 16.2 Å². The molecule has 23 heavy (non-hydrogen) atoms. The molecule has 0 saturated heterocycles. The maximum absolute atomic E-state index is 8.99. The number of nitriles is 1. The van der Waals surface area contributed by atoms with Crippen LogP contribution in [0.4, 0.5) is 0 Å². The molecule has 0 bridgehead atoms. The van der Waals surface area contributed by atoms with Gasteiger partial charge in [0.2, 0.25) is 0 Å². The van der Waals surface area contributed by atoms with Gasteiger partial charge in [-0.05, 0) is 42.8 Å². The summed E-state index contributed by atoms with van der Waals surface area (Å²) in [6.07, 6.45) is 3.90. The van der Waals surface area contributed by atoms with Gasteiger partial charge in [0, 0.05) is 39.3 Å². The van der Waals surface area contributed by atoms with Crippen molar-refractivity contribution in [2.75, 3.05) is 0 Å². The molecule has 0 aliphatic carbocycles. The van der Waals surface area contributed by atoms with E-state index >= 15 is 0 Å². The fraction of sp³-hybridized carbons (Fsp3) is 0.111. The van der Waals surface area contributed by atoms with Gasteiger partial charge in [0.05, 0.1) is 23.7 Å². The number of H-pyrrole nitrogens is 1. The van der Waals surface area contributed by atoms with Crippen LogP contribution in [0.2, 0.25) is 5.02 Å². The number of nitrogens with zero attached hydrogens (tertiary/aromatic N) is 3. The van der Waals surface area contributed by atoms with Crippen LogP contribution in [0.15, 0.2) is 42.7 Å². The van der Waals surface area contributed by atoms with Crippen LogP contribution in [0.5, 0.6) is 0 Å². The maximum atomic E-state index is 8.99. The minimum absolute atomic E-state index is 0.587. The van der Waals surface area contributed by atoms with Crippen molar-refractivity contribution >= 4 is 33.4 Å². The number of aromatic nitrogens is 3. The number of hydrogen-bond donors (Lipinski definition) is 1. The standard InChI is InChI=1S/C18H13ClN4/c1-11-6-16(19)15(14-4-5-21-18(11)14)10-23-9-13-3-2-12(8-20)7-17(13)22-23/h2-7,9,21H,10H2,1H3. The maximum Gasteiger partial charge on any atom is 0.0992 e. The van der Waals surface area contributed by atoms with Gasteiger partial charge in [-0.2, -0.15) is 10.4 Å². The summed E-state index contributed by atoms with van der Waals surface area (Å²) in [5.74, 6) is 0. The summed E-state index contributed by atoms with van der Waals surface area (Å²) in [6.45, 7) is 2.63. The van der Waals surface area contributed by atoms with E-state index < -0.39 is 0 Å². The second-order valence-electron chi connectivity index (χ2n) is 5.63. The van der Waals surface area contributed by atoms with Crippen molar-refractivity contribution in [1.82, 2.24) is 14.8 Å². The van der Waals surface area contributed by atoms with Crippen molar-refractivity contribution in [3.05, 3.63) is 64.4 Å². The lowest BCUT2D eigenvalue weighted by atomic mass is 10.1. The van der Waals surface area contributed by atoms with E-state index in [1.54, 1.807) is 12.1 Å². The van der Waals surface area contributed by atoms with E-state index in [1.165, 1.54) is 0 Å². The fourth-order valence-corrected chi connectivity index (χ4v) is 3.29. The topological polar surface area (TPSA) is 57.4 Å². The zero-order valence-electron chi connectivity index (χ0n) is 12.5. The number of fused-ring (bicyclic) bond motifs is 2. The second kappa shape index (κ2) is 5.15. The highest BCUT2D eigenvalue weighted by Gasteiger charge is 2.11. The number of halogens is 1. The Morgan fingerprint density at radius 1 is 1.30 bits per heavy atom. The lowest BCUT2D eigenvalue weighted by molar-refractivity contribution is 0.699. The van der Waals surface area contributed by atoms with Gasteiger partial charge in [-0.3, -0.25) is 4.68 Å². The van der Waals surface area contributed by atoms with Gasteiger partial charge in [-0.25, -0.2) is 0 Å². The highest BCUT2D eigenvalue weighted by Crippen LogP contribution is 2.29. The molecule has 112 valence electrons. The van der Waals surface area contributed by atoms with Crippen molar-refractivity contribution in [3.8, 4) is 6.07 Å². The Labute approximate surface area is 137 Å². The molecule has 4 aromatic rings. The highest BCUT2D eigenvalue weighted by atomic mass is 35.5. The molecule has 0 spiro atoms. The van der Waals surface area contributed by atoms with Gasteiger partial charge >= 0.3 is 0 Å². The second-order valence-corrected chi connectivity index (χ2v) is 6.04. The molecule has 2 heterocycles. The molecule has 0 amide bonds. The van der Waals surface area contributed by atoms with Crippen LogP contribution in [-0.4, -0.2) is 14.8 Å². The monoisotopic (exact) mass is 320 g/mol. The zero-order chi connectivity index (χ0) is 16.0. The first kappa shape index (κ1) is 13.9. The summed E-state index contributed by atoms with van der Waals surface area (Å²) in [4.78, 5) is 3.26. The molecule has 2 aromatic carbocycles. The van der Waals surface area contributed by atoms with Crippen LogP contribution in [0, 0.1) is 18.3 Å². The molecule has 4 nitrogen and oxygen atoms in total. The van der Waals surface area contributed by atoms with E-state index in [-0.39, 0.29) is 0 Å². The fourth-order valence-electron chi connectivity index (χ4n) is 2.97. The molecule has 0 saturated carbocycles. The van der Waals surface area contributed by atoms with Crippen LogP contribution >= 0.6 is 11.6 Å². The summed E-state index contributed by atoms with van der Waals surface area (Å²) in [5, 5.41) is 16.4. The first-order chi connectivity index (χ1) is 11.2. The average molecular weight is 321 g/mol. The smallest absolute Gasteiger partial charge is 0.0992 e. The van der Waals surface area contributed by atoms with Gasteiger partial charge in [0.25, 0.3) is 0 Å². The Balaban J connectivity index is 1.82. The predicted molar refractivity (Wildman–Crippen MR) is 91.6 cm³/mol. The van der Waals surface area contributed by atoms with Crippen LogP contribution in [-0.2, 0) is 6.54 Å². The molecule has 1 N–H and O–H groups in total. The van der Waals surface area contributed by atoms with Crippen LogP contribution < -0.4 is 0 Å². The van der Waals surface area contributed by atoms with Crippen molar-refractivity contribution in [2.24, 2.45) is 0 Å². The number of nitrogens with one attached hydrogen (secondary N) is 1. The number of aromatic amines is 1.